The normalized spacial score (nSPS) is 12.1. The standard InChI is InChI=1S/C15H22O2/c1-2-3-4-5-6-7-8-9-12-10-11-13(16)15-14(12)17-15/h10-11,16H,2-9H2,1H3. The van der Waals surface area contributed by atoms with E-state index < -0.39 is 0 Å². The molecule has 1 heterocycles. The summed E-state index contributed by atoms with van der Waals surface area (Å²) in [5.74, 6) is 1.91. The van der Waals surface area contributed by atoms with Gasteiger partial charge in [-0.15, -0.1) is 0 Å². The Balaban J connectivity index is 1.60. The highest BCUT2D eigenvalue weighted by Gasteiger charge is 2.28. The lowest BCUT2D eigenvalue weighted by Gasteiger charge is -2.01. The van der Waals surface area contributed by atoms with E-state index in [0.29, 0.717) is 5.75 Å². The van der Waals surface area contributed by atoms with Gasteiger partial charge in [0.05, 0.1) is 0 Å². The van der Waals surface area contributed by atoms with Crippen LogP contribution in [0, 0.1) is 0 Å². The average Bonchev–Trinajstić information content (AvgIpc) is 3.11. The zero-order chi connectivity index (χ0) is 12.1. The molecule has 2 heteroatoms. The van der Waals surface area contributed by atoms with Gasteiger partial charge in [0, 0.05) is 0 Å². The summed E-state index contributed by atoms with van der Waals surface area (Å²) in [4.78, 5) is 0. The Morgan fingerprint density at radius 3 is 2.41 bits per heavy atom. The van der Waals surface area contributed by atoms with Crippen LogP contribution in [0.4, 0.5) is 0 Å². The summed E-state index contributed by atoms with van der Waals surface area (Å²) in [6.45, 7) is 2.25. The Morgan fingerprint density at radius 2 is 1.65 bits per heavy atom. The summed E-state index contributed by atoms with van der Waals surface area (Å²) in [6, 6.07) is 3.72. The van der Waals surface area contributed by atoms with Crippen LogP contribution in [-0.4, -0.2) is 5.11 Å². The van der Waals surface area contributed by atoms with Crippen molar-refractivity contribution in [2.45, 2.75) is 58.3 Å². The van der Waals surface area contributed by atoms with Gasteiger partial charge < -0.3 is 9.84 Å². The molecule has 0 radical (unpaired) electrons. The molecule has 94 valence electrons. The van der Waals surface area contributed by atoms with Gasteiger partial charge in [-0.1, -0.05) is 51.5 Å². The highest BCUT2D eigenvalue weighted by molar-refractivity contribution is 5.66. The Bertz CT molecular complexity index is 371. The van der Waals surface area contributed by atoms with Crippen LogP contribution in [0.1, 0.15) is 57.4 Å². The number of benzene rings is 1. The van der Waals surface area contributed by atoms with Crippen molar-refractivity contribution in [3.8, 4) is 17.2 Å². The molecular weight excluding hydrogens is 212 g/mol. The van der Waals surface area contributed by atoms with Crippen LogP contribution in [0.25, 0.3) is 0 Å². The molecule has 0 bridgehead atoms. The molecule has 0 aliphatic carbocycles. The molecule has 0 saturated carbocycles. The van der Waals surface area contributed by atoms with Crippen molar-refractivity contribution in [1.82, 2.24) is 0 Å². The molecular formula is C15H22O2. The van der Waals surface area contributed by atoms with Crippen molar-refractivity contribution in [2.24, 2.45) is 0 Å². The molecule has 2 nitrogen and oxygen atoms in total. The highest BCUT2D eigenvalue weighted by Crippen LogP contribution is 2.54. The first-order valence-electron chi connectivity index (χ1n) is 6.85. The summed E-state index contributed by atoms with van der Waals surface area (Å²) >= 11 is 0. The Kier molecular flexibility index (Phi) is 4.29. The van der Waals surface area contributed by atoms with Crippen molar-refractivity contribution in [2.75, 3.05) is 0 Å². The fourth-order valence-electron chi connectivity index (χ4n) is 2.26. The first-order valence-corrected chi connectivity index (χ1v) is 6.85. The maximum Gasteiger partial charge on any atom is 0.211 e. The first-order chi connectivity index (χ1) is 8.33. The fraction of sp³-hybridized carbons (Fsp3) is 0.600. The SMILES string of the molecule is CCCCCCCCCc1ccc(O)c2c1O2. The number of aryl methyl sites for hydroxylation is 1. The minimum atomic E-state index is 0.281. The van der Waals surface area contributed by atoms with E-state index in [0.717, 1.165) is 12.2 Å². The van der Waals surface area contributed by atoms with Crippen molar-refractivity contribution in [3.05, 3.63) is 17.7 Å². The van der Waals surface area contributed by atoms with E-state index in [2.05, 4.69) is 6.92 Å². The number of ether oxygens (including phenoxy) is 1. The number of hydrogen-bond donors (Lipinski definition) is 1. The Hall–Kier alpha value is -1.18. The fourth-order valence-corrected chi connectivity index (χ4v) is 2.26. The predicted octanol–water partition coefficient (Wildman–Crippen LogP) is 4.79. The number of unbranched alkanes of at least 4 members (excludes halogenated alkanes) is 6. The van der Waals surface area contributed by atoms with Crippen LogP contribution in [0.5, 0.6) is 17.2 Å². The maximum atomic E-state index is 9.36. The molecule has 1 N–H and O–H groups in total. The van der Waals surface area contributed by atoms with E-state index in [-0.39, 0.29) is 5.75 Å². The number of phenolic OH excluding ortho intramolecular Hbond substituents is 1. The van der Waals surface area contributed by atoms with Crippen LogP contribution < -0.4 is 4.74 Å². The zero-order valence-corrected chi connectivity index (χ0v) is 10.7. The van der Waals surface area contributed by atoms with E-state index >= 15 is 0 Å². The van der Waals surface area contributed by atoms with Crippen molar-refractivity contribution >= 4 is 0 Å². The van der Waals surface area contributed by atoms with Gasteiger partial charge in [-0.3, -0.25) is 0 Å². The second-order valence-electron chi connectivity index (χ2n) is 4.88. The second-order valence-corrected chi connectivity index (χ2v) is 4.88. The van der Waals surface area contributed by atoms with E-state index in [1.165, 1.54) is 50.5 Å². The third-order valence-corrected chi connectivity index (χ3v) is 3.39. The largest absolute Gasteiger partial charge is 0.504 e. The van der Waals surface area contributed by atoms with Crippen LogP contribution in [-0.2, 0) is 6.42 Å². The van der Waals surface area contributed by atoms with Crippen molar-refractivity contribution in [3.63, 3.8) is 0 Å². The van der Waals surface area contributed by atoms with Crippen LogP contribution >= 0.6 is 0 Å². The first kappa shape index (κ1) is 12.3. The lowest BCUT2D eigenvalue weighted by Crippen LogP contribution is -1.84. The predicted molar refractivity (Wildman–Crippen MR) is 69.9 cm³/mol. The van der Waals surface area contributed by atoms with Gasteiger partial charge >= 0.3 is 0 Å². The molecule has 0 unspecified atom stereocenters. The molecule has 0 saturated heterocycles. The van der Waals surface area contributed by atoms with Gasteiger partial charge in [-0.05, 0) is 24.5 Å². The van der Waals surface area contributed by atoms with Crippen LogP contribution in [0.15, 0.2) is 12.1 Å². The molecule has 0 aromatic heterocycles. The molecule has 0 fully saturated rings. The lowest BCUT2D eigenvalue weighted by atomic mass is 10.0. The van der Waals surface area contributed by atoms with Gasteiger partial charge in [0.1, 0.15) is 0 Å². The quantitative estimate of drug-likeness (QED) is 0.526. The molecule has 17 heavy (non-hydrogen) atoms. The third kappa shape index (κ3) is 3.39. The minimum Gasteiger partial charge on any atom is -0.504 e. The highest BCUT2D eigenvalue weighted by atomic mass is 16.6. The topological polar surface area (TPSA) is 32.8 Å². The summed E-state index contributed by atoms with van der Waals surface area (Å²) < 4.78 is 5.26. The third-order valence-electron chi connectivity index (χ3n) is 3.39. The van der Waals surface area contributed by atoms with Gasteiger partial charge in [0.2, 0.25) is 5.75 Å². The number of aromatic hydroxyl groups is 1. The molecule has 1 aromatic rings. The number of fused-ring (bicyclic) bond motifs is 1. The molecule has 1 aliphatic heterocycles. The smallest absolute Gasteiger partial charge is 0.211 e. The molecule has 1 aliphatic rings. The molecule has 0 amide bonds. The van der Waals surface area contributed by atoms with Crippen LogP contribution in [0.2, 0.25) is 0 Å². The number of phenols is 1. The summed E-state index contributed by atoms with van der Waals surface area (Å²) in [7, 11) is 0. The Morgan fingerprint density at radius 1 is 0.941 bits per heavy atom. The zero-order valence-electron chi connectivity index (χ0n) is 10.7. The number of hydrogen-bond acceptors (Lipinski definition) is 2. The monoisotopic (exact) mass is 234 g/mol. The lowest BCUT2D eigenvalue weighted by molar-refractivity contribution is 0.463. The van der Waals surface area contributed by atoms with Gasteiger partial charge in [-0.25, -0.2) is 0 Å². The summed E-state index contributed by atoms with van der Waals surface area (Å²) in [5.41, 5.74) is 1.26. The van der Waals surface area contributed by atoms with Gasteiger partial charge in [0.15, 0.2) is 11.5 Å². The van der Waals surface area contributed by atoms with Crippen molar-refractivity contribution < 1.29 is 9.84 Å². The molecule has 2 rings (SSSR count). The summed E-state index contributed by atoms with van der Waals surface area (Å²) in [6.07, 6.45) is 10.4. The average molecular weight is 234 g/mol. The molecule has 0 spiro atoms. The number of rotatable bonds is 8. The van der Waals surface area contributed by atoms with E-state index in [1.54, 1.807) is 6.07 Å². The van der Waals surface area contributed by atoms with Gasteiger partial charge in [-0.2, -0.15) is 0 Å². The second kappa shape index (κ2) is 5.95. The Labute approximate surface area is 104 Å². The molecule has 0 atom stereocenters. The van der Waals surface area contributed by atoms with Crippen LogP contribution in [0.3, 0.4) is 0 Å². The summed E-state index contributed by atoms with van der Waals surface area (Å²) in [5, 5.41) is 9.36. The van der Waals surface area contributed by atoms with Crippen molar-refractivity contribution in [1.29, 1.82) is 0 Å². The van der Waals surface area contributed by atoms with Gasteiger partial charge in [0.25, 0.3) is 0 Å². The maximum absolute atomic E-state index is 9.36. The van der Waals surface area contributed by atoms with E-state index in [4.69, 9.17) is 4.74 Å². The van der Waals surface area contributed by atoms with E-state index in [1.807, 2.05) is 6.07 Å². The molecule has 1 aromatic carbocycles. The minimum absolute atomic E-state index is 0.281. The van der Waals surface area contributed by atoms with E-state index in [9.17, 15) is 5.11 Å².